The number of unbranched alkanes of at least 4 members (excludes halogenated alkanes) is 3. The van der Waals surface area contributed by atoms with E-state index < -0.39 is 0 Å². The van der Waals surface area contributed by atoms with Gasteiger partial charge in [0.25, 0.3) is 0 Å². The van der Waals surface area contributed by atoms with E-state index >= 15 is 0 Å². The molecule has 20 heavy (non-hydrogen) atoms. The third-order valence-electron chi connectivity index (χ3n) is 2.86. The molecule has 0 spiro atoms. The number of hydrogen-bond donors (Lipinski definition) is 1. The number of nitrogens with one attached hydrogen (secondary N) is 1. The molecule has 3 heteroatoms. The Labute approximate surface area is 120 Å². The first-order valence-corrected chi connectivity index (χ1v) is 6.84. The van der Waals surface area contributed by atoms with E-state index in [0.717, 1.165) is 12.8 Å². The summed E-state index contributed by atoms with van der Waals surface area (Å²) in [5.74, 6) is 0. The molecule has 1 aromatic heterocycles. The highest BCUT2D eigenvalue weighted by molar-refractivity contribution is 5.78. The Balaban J connectivity index is 0.000000202. The van der Waals surface area contributed by atoms with Crippen LogP contribution in [0.15, 0.2) is 48.2 Å². The van der Waals surface area contributed by atoms with Crippen molar-refractivity contribution in [1.82, 2.24) is 4.98 Å². The quantitative estimate of drug-likeness (QED) is 0.642. The van der Waals surface area contributed by atoms with Crippen molar-refractivity contribution >= 4 is 10.9 Å². The molecule has 1 heterocycles. The van der Waals surface area contributed by atoms with Gasteiger partial charge in [-0.25, -0.2) is 0 Å². The van der Waals surface area contributed by atoms with Crippen LogP contribution >= 0.6 is 0 Å². The number of allylic oxidation sites excluding steroid dienone is 2. The summed E-state index contributed by atoms with van der Waals surface area (Å²) in [5, 5.41) is 18.0. The van der Waals surface area contributed by atoms with Crippen LogP contribution in [-0.2, 0) is 0 Å². The molecule has 1 N–H and O–H groups in total. The van der Waals surface area contributed by atoms with Gasteiger partial charge in [0, 0.05) is 11.7 Å². The van der Waals surface area contributed by atoms with Gasteiger partial charge in [0.2, 0.25) is 0 Å². The van der Waals surface area contributed by atoms with Crippen LogP contribution in [0.25, 0.3) is 10.9 Å². The average molecular weight is 265 g/mol. The first-order valence-electron chi connectivity index (χ1n) is 6.84. The molecule has 0 aliphatic heterocycles. The van der Waals surface area contributed by atoms with Gasteiger partial charge < -0.3 is 4.98 Å². The summed E-state index contributed by atoms with van der Waals surface area (Å²) in [7, 11) is 0. The van der Waals surface area contributed by atoms with Gasteiger partial charge in [0.15, 0.2) is 0 Å². The standard InChI is InChI=1S/C9H12N2.C8H7N/c1-2-3-4-5-6-9(7-10)8-11;1-2-4-8-7(3-1)5-6-9-8/h6H,2-5H2,1H3;1-6,9H. The predicted molar refractivity (Wildman–Crippen MR) is 81.7 cm³/mol. The van der Waals surface area contributed by atoms with Crippen LogP contribution in [0.2, 0.25) is 0 Å². The predicted octanol–water partition coefficient (Wildman–Crippen LogP) is 4.71. The molecule has 0 aliphatic rings. The summed E-state index contributed by atoms with van der Waals surface area (Å²) in [5.41, 5.74) is 1.44. The molecule has 0 saturated carbocycles. The molecule has 0 aliphatic carbocycles. The molecule has 0 unspecified atom stereocenters. The van der Waals surface area contributed by atoms with E-state index in [1.165, 1.54) is 23.7 Å². The molecule has 2 rings (SSSR count). The zero-order valence-electron chi connectivity index (χ0n) is 11.8. The lowest BCUT2D eigenvalue weighted by atomic mass is 10.1. The molecular weight excluding hydrogens is 246 g/mol. The smallest absolute Gasteiger partial charge is 0.125 e. The Morgan fingerprint density at radius 3 is 2.55 bits per heavy atom. The van der Waals surface area contributed by atoms with E-state index in [1.54, 1.807) is 6.08 Å². The Hall–Kier alpha value is -2.52. The summed E-state index contributed by atoms with van der Waals surface area (Å²) < 4.78 is 0. The van der Waals surface area contributed by atoms with Crippen LogP contribution in [0.5, 0.6) is 0 Å². The van der Waals surface area contributed by atoms with Crippen molar-refractivity contribution in [2.24, 2.45) is 0 Å². The molecule has 3 nitrogen and oxygen atoms in total. The number of aromatic amines is 1. The number of rotatable bonds is 4. The van der Waals surface area contributed by atoms with Crippen molar-refractivity contribution in [3.05, 3.63) is 48.2 Å². The third kappa shape index (κ3) is 5.42. The van der Waals surface area contributed by atoms with E-state index in [-0.39, 0.29) is 5.57 Å². The first-order chi connectivity index (χ1) is 9.81. The Kier molecular flexibility index (Phi) is 7.31. The number of aromatic nitrogens is 1. The van der Waals surface area contributed by atoms with Crippen molar-refractivity contribution in [2.45, 2.75) is 32.6 Å². The summed E-state index contributed by atoms with van der Waals surface area (Å²) in [4.78, 5) is 3.12. The number of H-pyrrole nitrogens is 1. The van der Waals surface area contributed by atoms with Crippen LogP contribution in [0.1, 0.15) is 32.6 Å². The van der Waals surface area contributed by atoms with Gasteiger partial charge in [-0.15, -0.1) is 0 Å². The molecular formula is C17H19N3. The van der Waals surface area contributed by atoms with Crippen molar-refractivity contribution in [1.29, 1.82) is 10.5 Å². The van der Waals surface area contributed by atoms with Crippen molar-refractivity contribution in [3.63, 3.8) is 0 Å². The van der Waals surface area contributed by atoms with Crippen LogP contribution < -0.4 is 0 Å². The normalized spacial score (nSPS) is 8.95. The largest absolute Gasteiger partial charge is 0.361 e. The number of benzene rings is 1. The van der Waals surface area contributed by atoms with E-state index in [4.69, 9.17) is 10.5 Å². The lowest BCUT2D eigenvalue weighted by Gasteiger charge is -1.90. The van der Waals surface area contributed by atoms with Gasteiger partial charge in [-0.3, -0.25) is 0 Å². The Bertz CT molecular complexity index is 577. The first kappa shape index (κ1) is 15.5. The maximum Gasteiger partial charge on any atom is 0.125 e. The van der Waals surface area contributed by atoms with Crippen molar-refractivity contribution < 1.29 is 0 Å². The zero-order chi connectivity index (χ0) is 14.6. The van der Waals surface area contributed by atoms with Gasteiger partial charge in [0.1, 0.15) is 17.7 Å². The molecule has 0 amide bonds. The van der Waals surface area contributed by atoms with Gasteiger partial charge in [-0.05, 0) is 30.4 Å². The highest BCUT2D eigenvalue weighted by Gasteiger charge is 1.89. The number of para-hydroxylation sites is 1. The Morgan fingerprint density at radius 2 is 1.90 bits per heavy atom. The fourth-order valence-electron chi connectivity index (χ4n) is 1.75. The topological polar surface area (TPSA) is 63.4 Å². The molecule has 0 atom stereocenters. The van der Waals surface area contributed by atoms with E-state index in [1.807, 2.05) is 30.5 Å². The SMILES string of the molecule is CCCCCC=C(C#N)C#N.c1ccc2[nH]ccc2c1. The molecule has 0 radical (unpaired) electrons. The lowest BCUT2D eigenvalue weighted by molar-refractivity contribution is 0.728. The summed E-state index contributed by atoms with van der Waals surface area (Å²) in [6.45, 7) is 2.12. The summed E-state index contributed by atoms with van der Waals surface area (Å²) in [6, 6.07) is 13.9. The van der Waals surface area contributed by atoms with E-state index in [9.17, 15) is 0 Å². The van der Waals surface area contributed by atoms with Gasteiger partial charge in [-0.2, -0.15) is 10.5 Å². The second-order valence-electron chi connectivity index (χ2n) is 4.40. The van der Waals surface area contributed by atoms with Crippen LogP contribution in [0.3, 0.4) is 0 Å². The average Bonchev–Trinajstić information content (AvgIpc) is 2.97. The number of nitriles is 2. The maximum atomic E-state index is 8.34. The second kappa shape index (κ2) is 9.42. The highest BCUT2D eigenvalue weighted by atomic mass is 14.7. The van der Waals surface area contributed by atoms with Gasteiger partial charge in [0.05, 0.1) is 0 Å². The monoisotopic (exact) mass is 265 g/mol. The number of hydrogen-bond acceptors (Lipinski definition) is 2. The number of fused-ring (bicyclic) bond motifs is 1. The zero-order valence-corrected chi connectivity index (χ0v) is 11.8. The van der Waals surface area contributed by atoms with Crippen molar-refractivity contribution in [2.75, 3.05) is 0 Å². The minimum atomic E-state index is 0.237. The van der Waals surface area contributed by atoms with E-state index in [2.05, 4.69) is 30.1 Å². The fourth-order valence-corrected chi connectivity index (χ4v) is 1.75. The second-order valence-corrected chi connectivity index (χ2v) is 4.40. The molecule has 0 saturated heterocycles. The summed E-state index contributed by atoms with van der Waals surface area (Å²) in [6.07, 6.45) is 7.91. The maximum absolute atomic E-state index is 8.34. The Morgan fingerprint density at radius 1 is 1.15 bits per heavy atom. The van der Waals surface area contributed by atoms with Gasteiger partial charge in [-0.1, -0.05) is 44.0 Å². The van der Waals surface area contributed by atoms with Crippen molar-refractivity contribution in [3.8, 4) is 12.1 Å². The molecule has 0 fully saturated rings. The van der Waals surface area contributed by atoms with Crippen LogP contribution in [0, 0.1) is 22.7 Å². The summed E-state index contributed by atoms with van der Waals surface area (Å²) >= 11 is 0. The molecule has 2 aromatic rings. The minimum absolute atomic E-state index is 0.237. The third-order valence-corrected chi connectivity index (χ3v) is 2.86. The lowest BCUT2D eigenvalue weighted by Crippen LogP contribution is -1.75. The van der Waals surface area contributed by atoms with Crippen LogP contribution in [-0.4, -0.2) is 4.98 Å². The molecule has 1 aromatic carbocycles. The highest BCUT2D eigenvalue weighted by Crippen LogP contribution is 2.09. The molecule has 0 bridgehead atoms. The van der Waals surface area contributed by atoms with E-state index in [0.29, 0.717) is 0 Å². The molecule has 102 valence electrons. The van der Waals surface area contributed by atoms with Gasteiger partial charge >= 0.3 is 0 Å². The van der Waals surface area contributed by atoms with Crippen LogP contribution in [0.4, 0.5) is 0 Å². The fraction of sp³-hybridized carbons (Fsp3) is 0.294. The minimum Gasteiger partial charge on any atom is -0.361 e. The number of nitrogens with zero attached hydrogens (tertiary/aromatic N) is 2.